The van der Waals surface area contributed by atoms with Crippen LogP contribution in [-0.4, -0.2) is 19.7 Å². The second-order valence-electron chi connectivity index (χ2n) is 4.36. The van der Waals surface area contributed by atoms with E-state index in [1.54, 1.807) is 23.0 Å². The van der Waals surface area contributed by atoms with Gasteiger partial charge >= 0.3 is 0 Å². The normalized spacial score (nSPS) is 10.7. The lowest BCUT2D eigenvalue weighted by Gasteiger charge is -2.02. The molecule has 0 fully saturated rings. The molecule has 7 heteroatoms. The summed E-state index contributed by atoms with van der Waals surface area (Å²) < 4.78 is 7.62. The number of halogens is 1. The minimum atomic E-state index is -0.0670. The van der Waals surface area contributed by atoms with E-state index in [1.165, 1.54) is 6.07 Å². The third-order valence-electron chi connectivity index (χ3n) is 2.88. The highest BCUT2D eigenvalue weighted by molar-refractivity contribution is 9.10. The molecule has 3 heterocycles. The van der Waals surface area contributed by atoms with Crippen LogP contribution in [0.5, 0.6) is 0 Å². The molecule has 0 N–H and O–H groups in total. The zero-order valence-corrected chi connectivity index (χ0v) is 12.5. The summed E-state index contributed by atoms with van der Waals surface area (Å²) in [6.45, 7) is 0.474. The minimum absolute atomic E-state index is 0.0670. The molecule has 0 aliphatic rings. The number of hydrogen-bond donors (Lipinski definition) is 0. The van der Waals surface area contributed by atoms with E-state index >= 15 is 0 Å². The van der Waals surface area contributed by atoms with Gasteiger partial charge in [0.05, 0.1) is 0 Å². The third-order valence-corrected chi connectivity index (χ3v) is 3.35. The van der Waals surface area contributed by atoms with E-state index in [2.05, 4.69) is 31.1 Å². The van der Waals surface area contributed by atoms with Gasteiger partial charge in [-0.15, -0.1) is 0 Å². The topological polar surface area (TPSA) is 73.8 Å². The summed E-state index contributed by atoms with van der Waals surface area (Å²) in [4.78, 5) is 20.1. The third kappa shape index (κ3) is 3.25. The molecule has 0 amide bonds. The Labute approximate surface area is 128 Å². The number of aromatic nitrogens is 4. The highest BCUT2D eigenvalue weighted by Crippen LogP contribution is 2.12. The molecule has 6 nitrogen and oxygen atoms in total. The van der Waals surface area contributed by atoms with Crippen molar-refractivity contribution < 1.29 is 4.52 Å². The van der Waals surface area contributed by atoms with Gasteiger partial charge in [-0.2, -0.15) is 4.98 Å². The van der Waals surface area contributed by atoms with Crippen molar-refractivity contribution in [1.82, 2.24) is 19.7 Å². The van der Waals surface area contributed by atoms with Crippen molar-refractivity contribution in [1.29, 1.82) is 0 Å². The first-order valence-electron chi connectivity index (χ1n) is 6.32. The van der Waals surface area contributed by atoms with Crippen LogP contribution in [-0.2, 0) is 13.0 Å². The molecule has 3 aromatic heterocycles. The molecule has 0 spiro atoms. The number of rotatable bonds is 4. The summed E-state index contributed by atoms with van der Waals surface area (Å²) in [6, 6.07) is 8.72. The second kappa shape index (κ2) is 6.01. The molecule has 0 saturated heterocycles. The van der Waals surface area contributed by atoms with Crippen LogP contribution in [0.1, 0.15) is 5.89 Å². The van der Waals surface area contributed by atoms with Gasteiger partial charge in [0.2, 0.25) is 11.7 Å². The van der Waals surface area contributed by atoms with Gasteiger partial charge in [0.1, 0.15) is 5.69 Å². The monoisotopic (exact) mass is 346 g/mol. The number of nitrogens with zero attached hydrogens (tertiary/aromatic N) is 4. The van der Waals surface area contributed by atoms with Crippen molar-refractivity contribution >= 4 is 15.9 Å². The summed E-state index contributed by atoms with van der Waals surface area (Å²) in [5.41, 5.74) is 0.592. The van der Waals surface area contributed by atoms with E-state index in [0.29, 0.717) is 30.4 Å². The lowest BCUT2D eigenvalue weighted by molar-refractivity contribution is 0.371. The summed E-state index contributed by atoms with van der Waals surface area (Å²) in [6.07, 6.45) is 3.89. The maximum atomic E-state index is 11.7. The Morgan fingerprint density at radius 2 is 2.14 bits per heavy atom. The molecule has 0 aliphatic heterocycles. The van der Waals surface area contributed by atoms with Gasteiger partial charge in [0.15, 0.2) is 0 Å². The molecule has 0 radical (unpaired) electrons. The van der Waals surface area contributed by atoms with Gasteiger partial charge in [-0.25, -0.2) is 0 Å². The quantitative estimate of drug-likeness (QED) is 0.724. The average Bonchev–Trinajstić information content (AvgIpc) is 2.98. The fourth-order valence-electron chi connectivity index (χ4n) is 1.85. The van der Waals surface area contributed by atoms with Crippen molar-refractivity contribution in [2.24, 2.45) is 0 Å². The predicted molar refractivity (Wildman–Crippen MR) is 79.6 cm³/mol. The molecule has 3 rings (SSSR count). The Balaban J connectivity index is 1.73. The van der Waals surface area contributed by atoms with E-state index in [9.17, 15) is 4.79 Å². The lowest BCUT2D eigenvalue weighted by Crippen LogP contribution is -2.19. The minimum Gasteiger partial charge on any atom is -0.339 e. The van der Waals surface area contributed by atoms with E-state index in [-0.39, 0.29) is 5.56 Å². The first-order valence-corrected chi connectivity index (χ1v) is 7.12. The zero-order chi connectivity index (χ0) is 14.7. The molecule has 21 heavy (non-hydrogen) atoms. The Kier molecular flexibility index (Phi) is 3.92. The standard InChI is InChI=1S/C14H11BrN4O2/c15-10-4-5-13(20)19(9-10)8-6-12-17-14(18-21-12)11-3-1-2-7-16-11/h1-5,7,9H,6,8H2. The molecule has 106 valence electrons. The van der Waals surface area contributed by atoms with Crippen LogP contribution >= 0.6 is 15.9 Å². The van der Waals surface area contributed by atoms with Gasteiger partial charge in [0.25, 0.3) is 5.56 Å². The Hall–Kier alpha value is -2.28. The Bertz CT molecular complexity index is 798. The van der Waals surface area contributed by atoms with Crippen molar-refractivity contribution in [3.8, 4) is 11.5 Å². The summed E-state index contributed by atoms with van der Waals surface area (Å²) >= 11 is 3.34. The maximum Gasteiger partial charge on any atom is 0.250 e. The SMILES string of the molecule is O=c1ccc(Br)cn1CCc1nc(-c2ccccn2)no1. The maximum absolute atomic E-state index is 11.7. The number of pyridine rings is 2. The van der Waals surface area contributed by atoms with Crippen molar-refractivity contribution in [3.63, 3.8) is 0 Å². The first-order chi connectivity index (χ1) is 10.2. The Morgan fingerprint density at radius 1 is 1.24 bits per heavy atom. The zero-order valence-electron chi connectivity index (χ0n) is 10.9. The number of aryl methyl sites for hydroxylation is 2. The summed E-state index contributed by atoms with van der Waals surface area (Å²) in [5, 5.41) is 3.89. The molecule has 0 unspecified atom stereocenters. The van der Waals surface area contributed by atoms with Crippen LogP contribution < -0.4 is 5.56 Å². The van der Waals surface area contributed by atoms with Crippen LogP contribution in [0.15, 0.2) is 56.5 Å². The smallest absolute Gasteiger partial charge is 0.250 e. The molecule has 0 aromatic carbocycles. The first kappa shape index (κ1) is 13.7. The van der Waals surface area contributed by atoms with Gasteiger partial charge < -0.3 is 9.09 Å². The molecular weight excluding hydrogens is 336 g/mol. The van der Waals surface area contributed by atoms with Crippen LogP contribution in [0.3, 0.4) is 0 Å². The van der Waals surface area contributed by atoms with Gasteiger partial charge in [0, 0.05) is 35.9 Å². The van der Waals surface area contributed by atoms with Crippen LogP contribution in [0.4, 0.5) is 0 Å². The van der Waals surface area contributed by atoms with Crippen molar-refractivity contribution in [2.75, 3.05) is 0 Å². The van der Waals surface area contributed by atoms with Crippen molar-refractivity contribution in [3.05, 3.63) is 63.4 Å². The van der Waals surface area contributed by atoms with Crippen LogP contribution in [0.2, 0.25) is 0 Å². The van der Waals surface area contributed by atoms with E-state index < -0.39 is 0 Å². The highest BCUT2D eigenvalue weighted by atomic mass is 79.9. The molecule has 0 saturated carbocycles. The van der Waals surface area contributed by atoms with Gasteiger partial charge in [-0.3, -0.25) is 9.78 Å². The fraction of sp³-hybridized carbons (Fsp3) is 0.143. The van der Waals surface area contributed by atoms with Crippen LogP contribution in [0, 0.1) is 0 Å². The lowest BCUT2D eigenvalue weighted by atomic mass is 10.3. The molecular formula is C14H11BrN4O2. The molecule has 3 aromatic rings. The van der Waals surface area contributed by atoms with E-state index in [4.69, 9.17) is 4.52 Å². The number of hydrogen-bond acceptors (Lipinski definition) is 5. The van der Waals surface area contributed by atoms with E-state index in [1.807, 2.05) is 18.2 Å². The van der Waals surface area contributed by atoms with Crippen LogP contribution in [0.25, 0.3) is 11.5 Å². The van der Waals surface area contributed by atoms with E-state index in [0.717, 1.165) is 4.47 Å². The molecule has 0 atom stereocenters. The summed E-state index contributed by atoms with van der Waals surface area (Å²) in [7, 11) is 0. The van der Waals surface area contributed by atoms with Crippen molar-refractivity contribution in [2.45, 2.75) is 13.0 Å². The van der Waals surface area contributed by atoms with Gasteiger partial charge in [-0.1, -0.05) is 11.2 Å². The Morgan fingerprint density at radius 3 is 2.95 bits per heavy atom. The molecule has 0 bridgehead atoms. The largest absolute Gasteiger partial charge is 0.339 e. The average molecular weight is 347 g/mol. The van der Waals surface area contributed by atoms with Gasteiger partial charge in [-0.05, 0) is 34.1 Å². The second-order valence-corrected chi connectivity index (χ2v) is 5.27. The molecule has 0 aliphatic carbocycles. The highest BCUT2D eigenvalue weighted by Gasteiger charge is 2.09. The summed E-state index contributed by atoms with van der Waals surface area (Å²) in [5.74, 6) is 0.926. The fourth-order valence-corrected chi connectivity index (χ4v) is 2.23. The predicted octanol–water partition coefficient (Wildman–Crippen LogP) is 2.30.